The van der Waals surface area contributed by atoms with E-state index in [9.17, 15) is 0 Å². The molecule has 3 aromatic carbocycles. The molecule has 42 heavy (non-hydrogen) atoms. The third kappa shape index (κ3) is 13.0. The van der Waals surface area contributed by atoms with E-state index in [1.165, 1.54) is 18.2 Å². The van der Waals surface area contributed by atoms with Crippen LogP contribution in [0.1, 0.15) is 12.8 Å². The fraction of sp³-hybridized carbons (Fsp3) is 0.286. The molecule has 0 amide bonds. The summed E-state index contributed by atoms with van der Waals surface area (Å²) in [5.74, 6) is 0. The average molecular weight is 888 g/mol. The number of nitrogens with one attached hydrogen (secondary N) is 1. The summed E-state index contributed by atoms with van der Waals surface area (Å²) in [6, 6.07) is 18.0. The molecule has 3 aromatic heterocycles. The number of rotatable bonds is 0. The summed E-state index contributed by atoms with van der Waals surface area (Å²) in [5, 5.41) is 29.4. The van der Waals surface area contributed by atoms with E-state index in [0.717, 1.165) is 61.2 Å². The molecule has 220 valence electrons. The van der Waals surface area contributed by atoms with Gasteiger partial charge in [-0.1, -0.05) is 75.6 Å². The number of nitrogens with zero attached hydrogens (tertiary/aromatic N) is 6. The maximum Gasteiger partial charge on any atom is 1.00 e. The normalized spacial score (nSPS) is 11.3. The second kappa shape index (κ2) is 21.7. The van der Waals surface area contributed by atoms with Gasteiger partial charge in [0.05, 0.1) is 22.7 Å². The van der Waals surface area contributed by atoms with Gasteiger partial charge in [-0.15, -0.1) is 5.10 Å². The zero-order chi connectivity index (χ0) is 30.2. The third-order valence-electron chi connectivity index (χ3n) is 5.38. The van der Waals surface area contributed by atoms with E-state index in [2.05, 4.69) is 102 Å². The number of aromatic nitrogens is 7. The Kier molecular flexibility index (Phi) is 20.2. The Hall–Kier alpha value is -0.910. The van der Waals surface area contributed by atoms with E-state index in [4.69, 9.17) is 9.84 Å². The van der Waals surface area contributed by atoms with Gasteiger partial charge in [-0.05, 0) is 72.4 Å². The van der Waals surface area contributed by atoms with E-state index in [0.29, 0.717) is 0 Å². The summed E-state index contributed by atoms with van der Waals surface area (Å²) in [6.45, 7) is 2.00. The number of alkyl halides is 1. The van der Waals surface area contributed by atoms with Crippen LogP contribution in [0.15, 0.2) is 80.4 Å². The summed E-state index contributed by atoms with van der Waals surface area (Å²) in [6.07, 6.45) is 6.36. The van der Waals surface area contributed by atoms with Crippen molar-refractivity contribution >= 4 is 103 Å². The molecule has 14 heteroatoms. The van der Waals surface area contributed by atoms with Crippen LogP contribution in [0.25, 0.3) is 32.8 Å². The van der Waals surface area contributed by atoms with Crippen LogP contribution in [0.2, 0.25) is 0 Å². The van der Waals surface area contributed by atoms with Crippen molar-refractivity contribution < 1.29 is 39.4 Å². The van der Waals surface area contributed by atoms with Crippen molar-refractivity contribution in [3.63, 3.8) is 0 Å². The molecule has 1 N–H and O–H groups in total. The molecule has 6 aromatic rings. The van der Waals surface area contributed by atoms with E-state index < -0.39 is 0 Å². The number of halogens is 4. The molecule has 1 aliphatic heterocycles. The maximum atomic E-state index is 8.25. The van der Waals surface area contributed by atoms with E-state index in [1.807, 2.05) is 78.4 Å². The summed E-state index contributed by atoms with van der Waals surface area (Å²) in [4.78, 5) is 1.97. The molecule has 7 rings (SSSR count). The summed E-state index contributed by atoms with van der Waals surface area (Å²) < 4.78 is 11.7. The van der Waals surface area contributed by atoms with Crippen molar-refractivity contribution in [1.82, 2.24) is 35.0 Å². The van der Waals surface area contributed by atoms with Gasteiger partial charge < -0.3 is 9.84 Å². The molecule has 1 saturated heterocycles. The summed E-state index contributed by atoms with van der Waals surface area (Å²) >= 11 is 12.3. The molecular formula is C28H32Br3IN7NaO2. The Bertz CT molecular complexity index is 1590. The van der Waals surface area contributed by atoms with Gasteiger partial charge in [-0.2, -0.15) is 17.3 Å². The number of hydrogen-bond acceptors (Lipinski definition) is 6. The van der Waals surface area contributed by atoms with Gasteiger partial charge in [0, 0.05) is 57.7 Å². The number of H-pyrrole nitrogens is 1. The van der Waals surface area contributed by atoms with Gasteiger partial charge >= 0.3 is 29.6 Å². The third-order valence-corrected chi connectivity index (χ3v) is 6.86. The molecule has 0 aliphatic carbocycles. The Morgan fingerprint density at radius 3 is 2.07 bits per heavy atom. The van der Waals surface area contributed by atoms with Gasteiger partial charge in [0.15, 0.2) is 0 Å². The molecule has 0 saturated carbocycles. The van der Waals surface area contributed by atoms with E-state index in [-0.39, 0.29) is 29.6 Å². The molecule has 0 atom stereocenters. The van der Waals surface area contributed by atoms with Crippen LogP contribution in [-0.4, -0.2) is 60.2 Å². The monoisotopic (exact) mass is 885 g/mol. The van der Waals surface area contributed by atoms with Crippen LogP contribution in [0.5, 0.6) is 0 Å². The van der Waals surface area contributed by atoms with Crippen molar-refractivity contribution in [2.45, 2.75) is 12.8 Å². The number of aryl methyl sites for hydroxylation is 2. The molecule has 1 fully saturated rings. The number of benzene rings is 3. The van der Waals surface area contributed by atoms with Crippen molar-refractivity contribution in [2.24, 2.45) is 14.1 Å². The molecule has 0 spiro atoms. The Morgan fingerprint density at radius 1 is 0.833 bits per heavy atom. The summed E-state index contributed by atoms with van der Waals surface area (Å²) in [5.41, 5.74) is 4.08. The van der Waals surface area contributed by atoms with Crippen LogP contribution < -0.4 is 34.7 Å². The first kappa shape index (κ1) is 39.1. The predicted molar refractivity (Wildman–Crippen MR) is 184 cm³/mol. The van der Waals surface area contributed by atoms with Gasteiger partial charge in [-0.25, -0.2) is 4.68 Å². The SMILES string of the molecule is Brc1ccc2[nH]ncc2c1.C1CCOC1.CI.C[O-].Cn1cc2cc(Br)ccc2n1.Cn1nnc2cc(Br)ccc21.[Na+]. The molecule has 4 heterocycles. The first-order valence-electron chi connectivity index (χ1n) is 12.4. The summed E-state index contributed by atoms with van der Waals surface area (Å²) in [7, 11) is 4.55. The number of ether oxygens (including phenoxy) is 1. The molecule has 0 unspecified atom stereocenters. The zero-order valence-corrected chi connectivity index (χ0v) is 33.1. The van der Waals surface area contributed by atoms with Crippen molar-refractivity contribution in [3.05, 3.63) is 80.4 Å². The van der Waals surface area contributed by atoms with Gasteiger partial charge in [-0.3, -0.25) is 9.78 Å². The maximum absolute atomic E-state index is 8.25. The number of aromatic amines is 1. The molecule has 1 aliphatic rings. The minimum atomic E-state index is 0. The fourth-order valence-corrected chi connectivity index (χ4v) is 4.66. The van der Waals surface area contributed by atoms with Gasteiger partial charge in [0.25, 0.3) is 0 Å². The van der Waals surface area contributed by atoms with Gasteiger partial charge in [0.1, 0.15) is 5.52 Å². The first-order chi connectivity index (χ1) is 19.9. The van der Waals surface area contributed by atoms with Gasteiger partial charge in [0.2, 0.25) is 0 Å². The van der Waals surface area contributed by atoms with Crippen LogP contribution in [0, 0.1) is 0 Å². The zero-order valence-electron chi connectivity index (χ0n) is 24.2. The van der Waals surface area contributed by atoms with Crippen molar-refractivity contribution in [3.8, 4) is 0 Å². The Labute approximate surface area is 307 Å². The van der Waals surface area contributed by atoms with Crippen LogP contribution >= 0.6 is 70.4 Å². The topological polar surface area (TPSA) is 110 Å². The second-order valence-corrected chi connectivity index (χ2v) is 11.0. The van der Waals surface area contributed by atoms with E-state index in [1.54, 1.807) is 10.9 Å². The van der Waals surface area contributed by atoms with Crippen molar-refractivity contribution in [2.75, 3.05) is 25.3 Å². The van der Waals surface area contributed by atoms with Crippen LogP contribution in [-0.2, 0) is 18.8 Å². The molecule has 9 nitrogen and oxygen atoms in total. The quantitative estimate of drug-likeness (QED) is 0.139. The van der Waals surface area contributed by atoms with Crippen LogP contribution in [0.3, 0.4) is 0 Å². The second-order valence-electron chi connectivity index (χ2n) is 8.27. The minimum Gasteiger partial charge on any atom is -0.857 e. The molecule has 0 radical (unpaired) electrons. The fourth-order valence-electron chi connectivity index (χ4n) is 3.56. The standard InChI is InChI=1S/C8H7BrN2.C7H6BrN3.C7H5BrN2.C4H8O.CH3I.CH3O.Na/c1-11-5-6-4-7(9)2-3-8(6)10-11;1-11-7-3-2-5(8)4-6(7)9-10-11;8-6-1-2-7-5(3-6)4-9-10-7;1-2-4-5-3-1;2*1-2;/h2-5H,1H3;2-4H,1H3;1-4H,(H,9,10);1-4H2;2*1H3;/q;;;;;-1;+1. The molecular weight excluding hydrogens is 856 g/mol. The average Bonchev–Trinajstić information content (AvgIpc) is 3.80. The minimum absolute atomic E-state index is 0. The first-order valence-corrected chi connectivity index (χ1v) is 16.9. The van der Waals surface area contributed by atoms with Crippen molar-refractivity contribution in [1.29, 1.82) is 0 Å². The van der Waals surface area contributed by atoms with Crippen LogP contribution in [0.4, 0.5) is 0 Å². The largest absolute Gasteiger partial charge is 1.00 e. The Morgan fingerprint density at radius 2 is 1.43 bits per heavy atom. The number of hydrogen-bond donors (Lipinski definition) is 1. The Balaban J connectivity index is 0.000000274. The van der Waals surface area contributed by atoms with E-state index >= 15 is 0 Å². The number of fused-ring (bicyclic) bond motifs is 3. The predicted octanol–water partition coefficient (Wildman–Crippen LogP) is 4.22. The smallest absolute Gasteiger partial charge is 0.857 e. The molecule has 0 bridgehead atoms.